The monoisotopic (exact) mass is 222 g/mol. The van der Waals surface area contributed by atoms with E-state index >= 15 is 0 Å². The smallest absolute Gasteiger partial charge is 0.311 e. The molecule has 0 aliphatic heterocycles. The van der Waals surface area contributed by atoms with Crippen LogP contribution < -0.4 is 5.56 Å². The molecule has 0 aromatic carbocycles. The van der Waals surface area contributed by atoms with Gasteiger partial charge in [-0.1, -0.05) is 0 Å². The van der Waals surface area contributed by atoms with Crippen LogP contribution in [0.4, 0.5) is 0 Å². The average molecular weight is 222 g/mol. The van der Waals surface area contributed by atoms with Crippen molar-refractivity contribution in [1.29, 1.82) is 0 Å². The molecule has 1 N–H and O–H groups in total. The summed E-state index contributed by atoms with van der Waals surface area (Å²) in [7, 11) is 3.19. The fraction of sp³-hybridized carbons (Fsp3) is 0.333. The Labute approximate surface area is 90.0 Å². The van der Waals surface area contributed by atoms with Crippen LogP contribution in [0.5, 0.6) is 0 Å². The molecule has 0 aliphatic carbocycles. The average Bonchev–Trinajstić information content (AvgIpc) is 2.56. The van der Waals surface area contributed by atoms with E-state index in [1.807, 2.05) is 0 Å². The molecule has 0 amide bonds. The van der Waals surface area contributed by atoms with Gasteiger partial charge in [0.15, 0.2) is 11.2 Å². The third kappa shape index (κ3) is 1.46. The van der Waals surface area contributed by atoms with E-state index in [1.165, 1.54) is 17.9 Å². The van der Waals surface area contributed by atoms with Crippen molar-refractivity contribution in [3.63, 3.8) is 0 Å². The summed E-state index contributed by atoms with van der Waals surface area (Å²) in [5, 5.41) is 8.70. The van der Waals surface area contributed by atoms with E-state index in [0.717, 1.165) is 0 Å². The molecule has 0 saturated carbocycles. The summed E-state index contributed by atoms with van der Waals surface area (Å²) in [4.78, 5) is 30.4. The summed E-state index contributed by atoms with van der Waals surface area (Å²) in [5.74, 6) is -0.808. The van der Waals surface area contributed by atoms with E-state index in [-0.39, 0.29) is 23.3 Å². The first-order chi connectivity index (χ1) is 7.50. The number of aliphatic carboxylic acids is 1. The summed E-state index contributed by atoms with van der Waals surface area (Å²) in [5.41, 5.74) is 0.320. The first-order valence-electron chi connectivity index (χ1n) is 4.59. The Hall–Kier alpha value is -2.18. The molecule has 7 nitrogen and oxygen atoms in total. The molecule has 16 heavy (non-hydrogen) atoms. The predicted octanol–water partition coefficient (Wildman–Crippen LogP) is -0.706. The third-order valence-corrected chi connectivity index (χ3v) is 2.34. The van der Waals surface area contributed by atoms with Gasteiger partial charge in [0.1, 0.15) is 12.2 Å². The summed E-state index contributed by atoms with van der Waals surface area (Å²) in [6, 6.07) is 0. The second-order valence-corrected chi connectivity index (χ2v) is 3.49. The van der Waals surface area contributed by atoms with Gasteiger partial charge in [0.2, 0.25) is 0 Å². The van der Waals surface area contributed by atoms with Crippen molar-refractivity contribution in [2.24, 2.45) is 14.1 Å². The van der Waals surface area contributed by atoms with Crippen molar-refractivity contribution >= 4 is 17.1 Å². The molecule has 0 saturated heterocycles. The second kappa shape index (κ2) is 3.44. The summed E-state index contributed by atoms with van der Waals surface area (Å²) < 4.78 is 2.80. The van der Waals surface area contributed by atoms with Crippen molar-refractivity contribution in [3.05, 3.63) is 22.5 Å². The van der Waals surface area contributed by atoms with Crippen molar-refractivity contribution in [2.75, 3.05) is 0 Å². The van der Waals surface area contributed by atoms with Crippen molar-refractivity contribution < 1.29 is 9.90 Å². The molecular formula is C9H10N4O3. The lowest BCUT2D eigenvalue weighted by atomic mass is 10.4. The Morgan fingerprint density at radius 2 is 2.19 bits per heavy atom. The van der Waals surface area contributed by atoms with Crippen LogP contribution >= 0.6 is 0 Å². The molecule has 0 spiro atoms. The minimum atomic E-state index is -1.02. The van der Waals surface area contributed by atoms with Crippen LogP contribution in [0.2, 0.25) is 0 Å². The van der Waals surface area contributed by atoms with Gasteiger partial charge in [-0.2, -0.15) is 0 Å². The molecule has 2 heterocycles. The van der Waals surface area contributed by atoms with Gasteiger partial charge in [-0.25, -0.2) is 9.97 Å². The normalized spacial score (nSPS) is 10.9. The molecule has 2 aromatic rings. The number of imidazole rings is 1. The first-order valence-corrected chi connectivity index (χ1v) is 4.59. The lowest BCUT2D eigenvalue weighted by molar-refractivity contribution is -0.136. The second-order valence-electron chi connectivity index (χ2n) is 3.49. The Morgan fingerprint density at radius 3 is 2.81 bits per heavy atom. The number of aryl methyl sites for hydroxylation is 1. The molecule has 84 valence electrons. The quantitative estimate of drug-likeness (QED) is 0.725. The molecule has 0 bridgehead atoms. The zero-order valence-corrected chi connectivity index (χ0v) is 8.84. The Morgan fingerprint density at radius 1 is 1.50 bits per heavy atom. The molecule has 0 fully saturated rings. The molecule has 2 rings (SSSR count). The maximum atomic E-state index is 11.8. The fourth-order valence-corrected chi connectivity index (χ4v) is 1.47. The largest absolute Gasteiger partial charge is 0.481 e. The number of carbonyl (C=O) groups is 1. The van der Waals surface area contributed by atoms with Gasteiger partial charge in [-0.15, -0.1) is 0 Å². The van der Waals surface area contributed by atoms with E-state index in [4.69, 9.17) is 5.11 Å². The van der Waals surface area contributed by atoms with Gasteiger partial charge in [0.25, 0.3) is 5.56 Å². The SMILES string of the molecule is Cn1c(CC(=O)O)nc2c(ncn2C)c1=O. The minimum Gasteiger partial charge on any atom is -0.481 e. The Kier molecular flexibility index (Phi) is 2.22. The van der Waals surface area contributed by atoms with Gasteiger partial charge in [0, 0.05) is 14.1 Å². The highest BCUT2D eigenvalue weighted by Gasteiger charge is 2.13. The van der Waals surface area contributed by atoms with E-state index < -0.39 is 5.97 Å². The van der Waals surface area contributed by atoms with E-state index in [2.05, 4.69) is 9.97 Å². The standard InChI is InChI=1S/C9H10N4O3/c1-12-4-10-7-8(12)11-5(3-6(14)15)13(2)9(7)16/h4H,3H2,1-2H3,(H,14,15). The number of nitrogens with zero attached hydrogens (tertiary/aromatic N) is 4. The maximum Gasteiger partial charge on any atom is 0.311 e. The molecular weight excluding hydrogens is 212 g/mol. The van der Waals surface area contributed by atoms with Crippen LogP contribution in [-0.4, -0.2) is 30.2 Å². The molecule has 0 unspecified atom stereocenters. The lowest BCUT2D eigenvalue weighted by Gasteiger charge is -2.04. The third-order valence-electron chi connectivity index (χ3n) is 2.34. The fourth-order valence-electron chi connectivity index (χ4n) is 1.47. The minimum absolute atomic E-state index is 0.216. The van der Waals surface area contributed by atoms with Crippen LogP contribution in [0, 0.1) is 0 Å². The lowest BCUT2D eigenvalue weighted by Crippen LogP contribution is -2.24. The van der Waals surface area contributed by atoms with Gasteiger partial charge in [0.05, 0.1) is 6.33 Å². The number of carboxylic acids is 1. The van der Waals surface area contributed by atoms with E-state index in [0.29, 0.717) is 5.65 Å². The van der Waals surface area contributed by atoms with Crippen molar-refractivity contribution in [2.45, 2.75) is 6.42 Å². The Balaban J connectivity index is 2.76. The highest BCUT2D eigenvalue weighted by atomic mass is 16.4. The molecule has 2 aromatic heterocycles. The molecule has 7 heteroatoms. The predicted molar refractivity (Wildman–Crippen MR) is 55.1 cm³/mol. The van der Waals surface area contributed by atoms with Gasteiger partial charge in [-0.3, -0.25) is 14.2 Å². The highest BCUT2D eigenvalue weighted by Crippen LogP contribution is 2.05. The van der Waals surface area contributed by atoms with Crippen LogP contribution in [0.15, 0.2) is 11.1 Å². The molecule has 0 atom stereocenters. The number of rotatable bonds is 2. The van der Waals surface area contributed by atoms with Crippen molar-refractivity contribution in [1.82, 2.24) is 19.1 Å². The van der Waals surface area contributed by atoms with Crippen LogP contribution in [0.3, 0.4) is 0 Å². The van der Waals surface area contributed by atoms with E-state index in [9.17, 15) is 9.59 Å². The van der Waals surface area contributed by atoms with Gasteiger partial charge in [-0.05, 0) is 0 Å². The van der Waals surface area contributed by atoms with Crippen LogP contribution in [-0.2, 0) is 25.3 Å². The van der Waals surface area contributed by atoms with Crippen molar-refractivity contribution in [3.8, 4) is 0 Å². The topological polar surface area (TPSA) is 90.0 Å². The first kappa shape index (κ1) is 10.3. The van der Waals surface area contributed by atoms with Crippen LogP contribution in [0.25, 0.3) is 11.2 Å². The number of fused-ring (bicyclic) bond motifs is 1. The zero-order valence-electron chi connectivity index (χ0n) is 8.84. The number of hydrogen-bond donors (Lipinski definition) is 1. The molecule has 0 radical (unpaired) electrons. The maximum absolute atomic E-state index is 11.8. The Bertz CT molecular complexity index is 625. The molecule has 0 aliphatic rings. The number of hydrogen-bond acceptors (Lipinski definition) is 4. The zero-order chi connectivity index (χ0) is 11.9. The van der Waals surface area contributed by atoms with Gasteiger partial charge < -0.3 is 9.67 Å². The number of carboxylic acid groups (broad SMARTS) is 1. The summed E-state index contributed by atoms with van der Waals surface area (Å²) in [6.07, 6.45) is 1.19. The summed E-state index contributed by atoms with van der Waals surface area (Å²) >= 11 is 0. The van der Waals surface area contributed by atoms with E-state index in [1.54, 1.807) is 11.6 Å². The van der Waals surface area contributed by atoms with Gasteiger partial charge >= 0.3 is 5.97 Å². The highest BCUT2D eigenvalue weighted by molar-refractivity contribution is 5.72. The van der Waals surface area contributed by atoms with Crippen LogP contribution in [0.1, 0.15) is 5.82 Å². The summed E-state index contributed by atoms with van der Waals surface area (Å²) in [6.45, 7) is 0. The number of aromatic nitrogens is 4.